The van der Waals surface area contributed by atoms with Crippen LogP contribution >= 0.6 is 0 Å². The highest BCUT2D eigenvalue weighted by atomic mass is 16.6. The van der Waals surface area contributed by atoms with E-state index in [2.05, 4.69) is 10.6 Å². The number of para-hydroxylation sites is 2. The van der Waals surface area contributed by atoms with E-state index in [1.165, 1.54) is 4.90 Å². The molecule has 1 aliphatic carbocycles. The molecule has 0 bridgehead atoms. The van der Waals surface area contributed by atoms with Crippen LogP contribution in [-0.4, -0.2) is 57.3 Å². The lowest BCUT2D eigenvalue weighted by atomic mass is 9.87. The topological polar surface area (TPSA) is 128 Å². The molecule has 1 saturated carbocycles. The number of nitrogens with zero attached hydrogens (tertiary/aromatic N) is 1. The second kappa shape index (κ2) is 11.9. The lowest BCUT2D eigenvalue weighted by Crippen LogP contribution is -2.58. The number of aromatic hydroxyl groups is 1. The third kappa shape index (κ3) is 6.64. The van der Waals surface area contributed by atoms with Crippen LogP contribution in [0, 0.1) is 20.8 Å². The van der Waals surface area contributed by atoms with Crippen LogP contribution in [0.4, 0.5) is 10.5 Å². The van der Waals surface area contributed by atoms with Crippen LogP contribution < -0.4 is 10.6 Å². The number of carbonyl (C=O) groups excluding carboxylic acids is 3. The first kappa shape index (κ1) is 29.0. The maximum absolute atomic E-state index is 14.0. The molecule has 2 atom stereocenters. The number of phenols is 1. The molecule has 2 aromatic rings. The first-order valence-corrected chi connectivity index (χ1v) is 12.9. The summed E-state index contributed by atoms with van der Waals surface area (Å²) < 4.78 is 5.28. The molecule has 0 aliphatic heterocycles. The predicted octanol–water partition coefficient (Wildman–Crippen LogP) is 4.26. The summed E-state index contributed by atoms with van der Waals surface area (Å²) in [5.41, 5.74) is 2.35. The number of aliphatic hydroxyl groups excluding tert-OH is 1. The van der Waals surface area contributed by atoms with Crippen LogP contribution in [0.1, 0.15) is 68.3 Å². The molecule has 4 N–H and O–H groups in total. The highest BCUT2D eigenvalue weighted by molar-refractivity contribution is 6.00. The summed E-state index contributed by atoms with van der Waals surface area (Å²) >= 11 is 0. The number of anilines is 1. The van der Waals surface area contributed by atoms with E-state index in [-0.39, 0.29) is 17.4 Å². The van der Waals surface area contributed by atoms with Gasteiger partial charge in [-0.05, 0) is 77.5 Å². The van der Waals surface area contributed by atoms with Gasteiger partial charge in [-0.2, -0.15) is 0 Å². The van der Waals surface area contributed by atoms with Gasteiger partial charge in [-0.15, -0.1) is 0 Å². The normalized spacial score (nSPS) is 15.1. The van der Waals surface area contributed by atoms with Crippen molar-refractivity contribution < 1.29 is 29.3 Å². The monoisotopic (exact) mass is 525 g/mol. The van der Waals surface area contributed by atoms with Crippen LogP contribution in [0.25, 0.3) is 0 Å². The zero-order chi connectivity index (χ0) is 28.2. The molecule has 2 unspecified atom stereocenters. The quantitative estimate of drug-likeness (QED) is 0.408. The molecular formula is C29H39N3O6. The summed E-state index contributed by atoms with van der Waals surface area (Å²) in [4.78, 5) is 41.8. The minimum Gasteiger partial charge on any atom is -0.507 e. The SMILES string of the molecule is Cc1cccc(C(C(=O)Nc2c(C)cccc2C)N(C(=O)C(CO)NC(=O)OC(C)(C)C)C2CCC2)c1O. The van der Waals surface area contributed by atoms with Gasteiger partial charge in [-0.1, -0.05) is 36.4 Å². The maximum Gasteiger partial charge on any atom is 0.408 e. The van der Waals surface area contributed by atoms with Crippen LogP contribution in [0.2, 0.25) is 0 Å². The van der Waals surface area contributed by atoms with Crippen molar-refractivity contribution in [1.29, 1.82) is 0 Å². The Hall–Kier alpha value is -3.59. The second-order valence-electron chi connectivity index (χ2n) is 10.9. The molecule has 9 nitrogen and oxygen atoms in total. The van der Waals surface area contributed by atoms with E-state index in [1.54, 1.807) is 45.9 Å². The van der Waals surface area contributed by atoms with Gasteiger partial charge >= 0.3 is 6.09 Å². The van der Waals surface area contributed by atoms with Crippen molar-refractivity contribution in [3.8, 4) is 5.75 Å². The number of phenolic OH excluding ortho intramolecular Hbond substituents is 1. The third-order valence-electron chi connectivity index (χ3n) is 6.71. The number of alkyl carbamates (subject to hydrolysis) is 1. The van der Waals surface area contributed by atoms with E-state index < -0.39 is 42.2 Å². The number of ether oxygens (including phenoxy) is 1. The van der Waals surface area contributed by atoms with Crippen LogP contribution in [0.15, 0.2) is 36.4 Å². The van der Waals surface area contributed by atoms with Crippen molar-refractivity contribution in [3.63, 3.8) is 0 Å². The number of nitrogens with one attached hydrogen (secondary N) is 2. The highest BCUT2D eigenvalue weighted by Gasteiger charge is 2.43. The number of hydrogen-bond acceptors (Lipinski definition) is 6. The van der Waals surface area contributed by atoms with Crippen molar-refractivity contribution in [3.05, 3.63) is 58.7 Å². The van der Waals surface area contributed by atoms with Gasteiger partial charge < -0.3 is 30.5 Å². The number of benzene rings is 2. The van der Waals surface area contributed by atoms with E-state index in [9.17, 15) is 24.6 Å². The average molecular weight is 526 g/mol. The summed E-state index contributed by atoms with van der Waals surface area (Å²) in [6, 6.07) is 7.84. The Labute approximate surface area is 224 Å². The predicted molar refractivity (Wildman–Crippen MR) is 145 cm³/mol. The highest BCUT2D eigenvalue weighted by Crippen LogP contribution is 2.38. The van der Waals surface area contributed by atoms with Crippen molar-refractivity contribution in [1.82, 2.24) is 10.2 Å². The van der Waals surface area contributed by atoms with Gasteiger partial charge in [-0.3, -0.25) is 9.59 Å². The summed E-state index contributed by atoms with van der Waals surface area (Å²) in [6.07, 6.45) is 1.31. The van der Waals surface area contributed by atoms with Crippen molar-refractivity contribution >= 4 is 23.6 Å². The van der Waals surface area contributed by atoms with E-state index in [0.717, 1.165) is 17.5 Å². The molecule has 1 fully saturated rings. The molecule has 0 spiro atoms. The van der Waals surface area contributed by atoms with Crippen molar-refractivity contribution in [2.75, 3.05) is 11.9 Å². The Bertz CT molecular complexity index is 1170. The van der Waals surface area contributed by atoms with Gasteiger partial charge in [0, 0.05) is 17.3 Å². The fourth-order valence-corrected chi connectivity index (χ4v) is 4.52. The Kier molecular flexibility index (Phi) is 9.04. The second-order valence-corrected chi connectivity index (χ2v) is 10.9. The first-order valence-electron chi connectivity index (χ1n) is 12.9. The molecule has 3 amide bonds. The molecule has 0 saturated heterocycles. The molecule has 1 aliphatic rings. The Morgan fingerprint density at radius 3 is 2.13 bits per heavy atom. The third-order valence-corrected chi connectivity index (χ3v) is 6.71. The Balaban J connectivity index is 2.06. The zero-order valence-electron chi connectivity index (χ0n) is 23.0. The van der Waals surface area contributed by atoms with Gasteiger partial charge in [0.05, 0.1) is 6.61 Å². The molecule has 2 aromatic carbocycles. The molecule has 3 rings (SSSR count). The zero-order valence-corrected chi connectivity index (χ0v) is 23.0. The minimum absolute atomic E-state index is 0.0908. The van der Waals surface area contributed by atoms with Crippen molar-refractivity contribution in [2.45, 2.75) is 84.5 Å². The van der Waals surface area contributed by atoms with Gasteiger partial charge in [0.2, 0.25) is 5.91 Å². The standard InChI is InChI=1S/C29H39N3O6/c1-17-10-7-11-18(2)23(17)31-26(35)24(21-15-8-12-19(3)25(21)34)32(20-13-9-14-20)27(36)22(16-33)30-28(37)38-29(4,5)6/h7-8,10-12,15,20,22,24,33-34H,9,13-14,16H2,1-6H3,(H,30,37)(H,31,35). The Morgan fingerprint density at radius 2 is 1.61 bits per heavy atom. The number of carbonyl (C=O) groups is 3. The maximum atomic E-state index is 14.0. The van der Waals surface area contributed by atoms with E-state index in [0.29, 0.717) is 24.1 Å². The van der Waals surface area contributed by atoms with Gasteiger partial charge in [0.1, 0.15) is 23.4 Å². The summed E-state index contributed by atoms with van der Waals surface area (Å²) in [5, 5.41) is 26.5. The number of amides is 3. The fraction of sp³-hybridized carbons (Fsp3) is 0.483. The molecule has 9 heteroatoms. The smallest absolute Gasteiger partial charge is 0.408 e. The average Bonchev–Trinajstić information content (AvgIpc) is 2.79. The van der Waals surface area contributed by atoms with Crippen LogP contribution in [0.3, 0.4) is 0 Å². The summed E-state index contributed by atoms with van der Waals surface area (Å²) in [6.45, 7) is 9.86. The van der Waals surface area contributed by atoms with Gasteiger partial charge in [0.25, 0.3) is 5.91 Å². The van der Waals surface area contributed by atoms with E-state index >= 15 is 0 Å². The number of aryl methyl sites for hydroxylation is 3. The van der Waals surface area contributed by atoms with Gasteiger partial charge in [0.15, 0.2) is 0 Å². The molecule has 38 heavy (non-hydrogen) atoms. The minimum atomic E-state index is -1.34. The fourth-order valence-electron chi connectivity index (χ4n) is 4.52. The van der Waals surface area contributed by atoms with E-state index in [1.807, 2.05) is 32.0 Å². The molecule has 0 heterocycles. The van der Waals surface area contributed by atoms with Crippen LogP contribution in [-0.2, 0) is 14.3 Å². The van der Waals surface area contributed by atoms with Gasteiger partial charge in [-0.25, -0.2) is 4.79 Å². The lowest BCUT2D eigenvalue weighted by molar-refractivity contribution is -0.146. The summed E-state index contributed by atoms with van der Waals surface area (Å²) in [7, 11) is 0. The van der Waals surface area contributed by atoms with E-state index in [4.69, 9.17) is 4.74 Å². The molecule has 0 aromatic heterocycles. The van der Waals surface area contributed by atoms with Crippen LogP contribution in [0.5, 0.6) is 5.75 Å². The lowest BCUT2D eigenvalue weighted by Gasteiger charge is -2.43. The van der Waals surface area contributed by atoms with Crippen molar-refractivity contribution in [2.24, 2.45) is 0 Å². The summed E-state index contributed by atoms with van der Waals surface area (Å²) in [5.74, 6) is -1.23. The number of hydrogen-bond donors (Lipinski definition) is 4. The molecular weight excluding hydrogens is 486 g/mol. The number of aliphatic hydroxyl groups is 1. The first-order chi connectivity index (χ1) is 17.8. The number of rotatable bonds is 8. The largest absolute Gasteiger partial charge is 0.507 e. The molecule has 0 radical (unpaired) electrons. The Morgan fingerprint density at radius 1 is 1.03 bits per heavy atom. The molecule has 206 valence electrons.